The number of ether oxygens (including phenoxy) is 2. The Labute approximate surface area is 283 Å². The van der Waals surface area contributed by atoms with Crippen LogP contribution in [0.2, 0.25) is 0 Å². The van der Waals surface area contributed by atoms with Gasteiger partial charge in [0, 0.05) is 4.88 Å². The molecule has 0 fully saturated rings. The zero-order chi connectivity index (χ0) is 32.6. The van der Waals surface area contributed by atoms with Crippen molar-refractivity contribution in [2.75, 3.05) is 13.2 Å². The molecule has 5 nitrogen and oxygen atoms in total. The van der Waals surface area contributed by atoms with Gasteiger partial charge in [-0.05, 0) is 64.5 Å². The summed E-state index contributed by atoms with van der Waals surface area (Å²) in [5, 5.41) is 9.48. The third-order valence-corrected chi connectivity index (χ3v) is 10.5. The summed E-state index contributed by atoms with van der Waals surface area (Å²) in [5.41, 5.74) is 6.47. The number of carboxylic acids is 1. The lowest BCUT2D eigenvalue weighted by Gasteiger charge is -2.17. The summed E-state index contributed by atoms with van der Waals surface area (Å²) in [5.74, 6) is 0.278. The van der Waals surface area contributed by atoms with Crippen molar-refractivity contribution < 1.29 is 19.4 Å². The van der Waals surface area contributed by atoms with Gasteiger partial charge in [0.1, 0.15) is 13.2 Å². The number of thiophene rings is 2. The lowest BCUT2D eigenvalue weighted by atomic mass is 9.95. The summed E-state index contributed by atoms with van der Waals surface area (Å²) < 4.78 is 12.5. The number of nitrogens with zero attached hydrogens (tertiary/aromatic N) is 1. The van der Waals surface area contributed by atoms with Gasteiger partial charge in [-0.1, -0.05) is 111 Å². The van der Waals surface area contributed by atoms with Crippen LogP contribution in [0.4, 0.5) is 0 Å². The zero-order valence-corrected chi connectivity index (χ0v) is 27.8. The molecule has 0 saturated heterocycles. The highest BCUT2D eigenvalue weighted by molar-refractivity contribution is 7.25. The molecule has 6 rings (SSSR count). The molecular formula is C40H35NO4S2. The Bertz CT molecular complexity index is 1900. The van der Waals surface area contributed by atoms with Gasteiger partial charge >= 0.3 is 5.97 Å². The van der Waals surface area contributed by atoms with Gasteiger partial charge in [0.15, 0.2) is 11.5 Å². The lowest BCUT2D eigenvalue weighted by molar-refractivity contribution is -0.132. The summed E-state index contributed by atoms with van der Waals surface area (Å²) >= 11 is 3.15. The molecule has 236 valence electrons. The smallest absolute Gasteiger partial charge is 0.333 e. The quantitative estimate of drug-likeness (QED) is 0.0628. The highest BCUT2D eigenvalue weighted by Crippen LogP contribution is 2.55. The summed E-state index contributed by atoms with van der Waals surface area (Å²) in [4.78, 5) is 18.6. The minimum atomic E-state index is -1.22. The third kappa shape index (κ3) is 7.41. The van der Waals surface area contributed by atoms with Gasteiger partial charge in [-0.2, -0.15) is 0 Å². The van der Waals surface area contributed by atoms with Crippen molar-refractivity contribution in [3.8, 4) is 31.7 Å². The van der Waals surface area contributed by atoms with Gasteiger partial charge in [0.2, 0.25) is 0 Å². The van der Waals surface area contributed by atoms with Gasteiger partial charge in [-0.25, -0.2) is 4.85 Å². The first-order valence-corrected chi connectivity index (χ1v) is 17.5. The number of carbonyl (C=O) groups is 1. The van der Waals surface area contributed by atoms with E-state index >= 15 is 0 Å². The Hall–Kier alpha value is -4.90. The fourth-order valence-corrected chi connectivity index (χ4v) is 8.18. The summed E-state index contributed by atoms with van der Waals surface area (Å²) in [6.07, 6.45) is 9.06. The van der Waals surface area contributed by atoms with Crippen LogP contribution in [0, 0.1) is 6.57 Å². The third-order valence-electron chi connectivity index (χ3n) is 8.00. The fourth-order valence-electron chi connectivity index (χ4n) is 5.67. The molecule has 0 atom stereocenters. The van der Waals surface area contributed by atoms with Crippen LogP contribution in [0.15, 0.2) is 96.7 Å². The van der Waals surface area contributed by atoms with E-state index < -0.39 is 5.97 Å². The molecule has 0 aliphatic carbocycles. The number of rotatable bonds is 12. The number of aryl methyl sites for hydroxylation is 1. The second-order valence-corrected chi connectivity index (χ2v) is 13.4. The van der Waals surface area contributed by atoms with E-state index in [-0.39, 0.29) is 5.70 Å². The topological polar surface area (TPSA) is 60.1 Å². The van der Waals surface area contributed by atoms with E-state index in [1.165, 1.54) is 23.8 Å². The SMILES string of the molecule is [C-]#[N+]/C(=C\c1cc(CCCCCC)c(-c2sc(-c3ccc(C=C(c4ccccc4)c4ccccc4)cc3)c3c2OCCO3)s1)C(=O)O. The van der Waals surface area contributed by atoms with Crippen LogP contribution >= 0.6 is 22.7 Å². The van der Waals surface area contributed by atoms with Crippen LogP contribution in [0.25, 0.3) is 42.8 Å². The summed E-state index contributed by atoms with van der Waals surface area (Å²) in [7, 11) is 0. The summed E-state index contributed by atoms with van der Waals surface area (Å²) in [6.45, 7) is 10.5. The maximum Gasteiger partial charge on any atom is 0.333 e. The first kappa shape index (κ1) is 32.1. The molecule has 0 saturated carbocycles. The fraction of sp³-hybridized carbons (Fsp3) is 0.200. The number of fused-ring (bicyclic) bond motifs is 1. The van der Waals surface area contributed by atoms with Crippen molar-refractivity contribution in [1.29, 1.82) is 0 Å². The second-order valence-electron chi connectivity index (χ2n) is 11.3. The molecule has 0 radical (unpaired) electrons. The molecule has 1 aliphatic rings. The van der Waals surface area contributed by atoms with Crippen molar-refractivity contribution >= 4 is 46.4 Å². The molecule has 0 amide bonds. The predicted molar refractivity (Wildman–Crippen MR) is 194 cm³/mol. The molecule has 1 N–H and O–H groups in total. The predicted octanol–water partition coefficient (Wildman–Crippen LogP) is 11.0. The van der Waals surface area contributed by atoms with Gasteiger partial charge in [-0.15, -0.1) is 22.7 Å². The molecule has 3 heterocycles. The molecule has 0 unspecified atom stereocenters. The van der Waals surface area contributed by atoms with E-state index in [0.29, 0.717) is 13.2 Å². The van der Waals surface area contributed by atoms with Gasteiger partial charge in [-0.3, -0.25) is 4.79 Å². The molecule has 0 bridgehead atoms. The molecule has 7 heteroatoms. The average molecular weight is 658 g/mol. The van der Waals surface area contributed by atoms with Crippen LogP contribution in [0.5, 0.6) is 11.5 Å². The standard InChI is InChI=1S/C40H35NO4S2/c1-3-4-5-8-17-31-25-32(26-34(41-2)40(42)43)46-38(31)39-36-35(44-22-23-45-36)37(47-39)30-20-18-27(19-21-30)24-33(28-13-9-6-10-14-28)29-15-11-7-12-16-29/h6-7,9-16,18-21,24-26H,3-5,8,17,22-23H2,1H3,(H,42,43)/b34-26-. The number of unbranched alkanes of at least 4 members (excludes halogenated alkanes) is 3. The van der Waals surface area contributed by atoms with E-state index in [9.17, 15) is 9.90 Å². The molecular weight excluding hydrogens is 623 g/mol. The minimum Gasteiger partial charge on any atom is -0.486 e. The monoisotopic (exact) mass is 657 g/mol. The number of hydrogen-bond acceptors (Lipinski definition) is 5. The minimum absolute atomic E-state index is 0.291. The van der Waals surface area contributed by atoms with Crippen molar-refractivity contribution in [2.24, 2.45) is 0 Å². The first-order valence-electron chi connectivity index (χ1n) is 15.9. The number of benzene rings is 3. The number of hydrogen-bond donors (Lipinski definition) is 1. The largest absolute Gasteiger partial charge is 0.486 e. The van der Waals surface area contributed by atoms with E-state index in [1.807, 2.05) is 18.2 Å². The van der Waals surface area contributed by atoms with E-state index in [1.54, 1.807) is 11.3 Å². The van der Waals surface area contributed by atoms with Crippen LogP contribution in [0.3, 0.4) is 0 Å². The highest BCUT2D eigenvalue weighted by Gasteiger charge is 2.28. The van der Waals surface area contributed by atoms with Crippen molar-refractivity contribution in [3.05, 3.63) is 135 Å². The van der Waals surface area contributed by atoms with Crippen molar-refractivity contribution in [1.82, 2.24) is 0 Å². The van der Waals surface area contributed by atoms with Crippen LogP contribution in [-0.4, -0.2) is 24.3 Å². The van der Waals surface area contributed by atoms with Gasteiger partial charge < -0.3 is 14.6 Å². The number of aliphatic carboxylic acids is 1. The van der Waals surface area contributed by atoms with Crippen molar-refractivity contribution in [3.63, 3.8) is 0 Å². The second kappa shape index (κ2) is 15.1. The zero-order valence-electron chi connectivity index (χ0n) is 26.2. The first-order chi connectivity index (χ1) is 23.1. The average Bonchev–Trinajstić information content (AvgIpc) is 3.70. The molecule has 0 spiro atoms. The van der Waals surface area contributed by atoms with Crippen LogP contribution < -0.4 is 9.47 Å². The highest BCUT2D eigenvalue weighted by atomic mass is 32.1. The van der Waals surface area contributed by atoms with Crippen LogP contribution in [0.1, 0.15) is 59.7 Å². The lowest BCUT2D eigenvalue weighted by Crippen LogP contribution is -2.14. The van der Waals surface area contributed by atoms with E-state index in [4.69, 9.17) is 16.0 Å². The Balaban J connectivity index is 1.38. The van der Waals surface area contributed by atoms with E-state index in [2.05, 4.69) is 90.6 Å². The van der Waals surface area contributed by atoms with Gasteiger partial charge in [0.25, 0.3) is 5.70 Å². The van der Waals surface area contributed by atoms with Crippen LogP contribution in [-0.2, 0) is 11.2 Å². The Morgan fingerprint density at radius 3 is 2.04 bits per heavy atom. The van der Waals surface area contributed by atoms with Crippen molar-refractivity contribution in [2.45, 2.75) is 39.0 Å². The molecule has 5 aromatic rings. The Morgan fingerprint density at radius 1 is 0.809 bits per heavy atom. The molecule has 47 heavy (non-hydrogen) atoms. The molecule has 2 aromatic heterocycles. The summed E-state index contributed by atoms with van der Waals surface area (Å²) in [6, 6.07) is 31.5. The Morgan fingerprint density at radius 2 is 1.45 bits per heavy atom. The Kier molecular flexibility index (Phi) is 10.3. The maximum absolute atomic E-state index is 11.6. The normalized spacial score (nSPS) is 12.4. The van der Waals surface area contributed by atoms with E-state index in [0.717, 1.165) is 90.1 Å². The molecule has 1 aliphatic heterocycles. The van der Waals surface area contributed by atoms with Gasteiger partial charge in [0.05, 0.1) is 21.2 Å². The number of carboxylic acid groups (broad SMARTS) is 1. The maximum atomic E-state index is 11.6. The molecule has 3 aromatic carbocycles.